The Morgan fingerprint density at radius 3 is 2.38 bits per heavy atom. The summed E-state index contributed by atoms with van der Waals surface area (Å²) in [7, 11) is 1.27. The fourth-order valence-electron chi connectivity index (χ4n) is 1.83. The molecule has 0 radical (unpaired) electrons. The summed E-state index contributed by atoms with van der Waals surface area (Å²) in [4.78, 5) is 30.0. The minimum atomic E-state index is -0.634. The van der Waals surface area contributed by atoms with Crippen LogP contribution in [0.1, 0.15) is 31.1 Å². The number of nitrogens with one attached hydrogen (secondary N) is 2. The first kappa shape index (κ1) is 19.1. The zero-order chi connectivity index (χ0) is 19.3. The number of methoxy groups -OCH3 is 1. The lowest BCUT2D eigenvalue weighted by Crippen LogP contribution is -2.40. The SMILES string of the molecule is COC(=O)c1ccc(Oc2ncnc(NNC(C)(C)C)c2[N+](=O)[O-])cc1. The number of nitrogens with zero attached hydrogens (tertiary/aromatic N) is 3. The van der Waals surface area contributed by atoms with Crippen LogP contribution in [-0.2, 0) is 4.74 Å². The first-order chi connectivity index (χ1) is 12.2. The molecule has 2 N–H and O–H groups in total. The number of rotatable bonds is 6. The number of hydrogen-bond acceptors (Lipinski definition) is 9. The molecule has 0 aliphatic rings. The van der Waals surface area contributed by atoms with Crippen molar-refractivity contribution >= 4 is 17.5 Å². The van der Waals surface area contributed by atoms with Gasteiger partial charge in [0.15, 0.2) is 0 Å². The van der Waals surface area contributed by atoms with Gasteiger partial charge in [0.2, 0.25) is 5.82 Å². The van der Waals surface area contributed by atoms with E-state index in [0.717, 1.165) is 6.33 Å². The van der Waals surface area contributed by atoms with Crippen LogP contribution in [0.3, 0.4) is 0 Å². The number of benzene rings is 1. The third-order valence-electron chi connectivity index (χ3n) is 3.02. The lowest BCUT2D eigenvalue weighted by atomic mass is 10.1. The number of esters is 1. The van der Waals surface area contributed by atoms with Gasteiger partial charge in [0, 0.05) is 5.54 Å². The van der Waals surface area contributed by atoms with Crippen LogP contribution in [0.5, 0.6) is 11.6 Å². The van der Waals surface area contributed by atoms with E-state index in [1.165, 1.54) is 31.4 Å². The number of hydrogen-bond donors (Lipinski definition) is 2. The Balaban J connectivity index is 2.28. The summed E-state index contributed by atoms with van der Waals surface area (Å²) >= 11 is 0. The smallest absolute Gasteiger partial charge is 0.374 e. The maximum atomic E-state index is 11.5. The number of anilines is 1. The highest BCUT2D eigenvalue weighted by Crippen LogP contribution is 2.33. The van der Waals surface area contributed by atoms with E-state index in [4.69, 9.17) is 4.74 Å². The van der Waals surface area contributed by atoms with E-state index in [0.29, 0.717) is 5.56 Å². The van der Waals surface area contributed by atoms with Gasteiger partial charge in [-0.1, -0.05) is 0 Å². The van der Waals surface area contributed by atoms with Crippen molar-refractivity contribution < 1.29 is 19.2 Å². The Bertz CT molecular complexity index is 802. The molecule has 0 bridgehead atoms. The monoisotopic (exact) mass is 361 g/mol. The molecule has 2 rings (SSSR count). The standard InChI is InChI=1S/C16H19N5O5/c1-16(2,3)20-19-13-12(21(23)24)14(18-9-17-13)26-11-7-5-10(6-8-11)15(22)25-4/h5-9,20H,1-4H3,(H,17,18,19). The minimum Gasteiger partial charge on any atom is -0.465 e. The Kier molecular flexibility index (Phi) is 5.68. The first-order valence-corrected chi connectivity index (χ1v) is 7.60. The van der Waals surface area contributed by atoms with Gasteiger partial charge in [-0.25, -0.2) is 15.2 Å². The number of carbonyl (C=O) groups excluding carboxylic acids is 1. The largest absolute Gasteiger partial charge is 0.465 e. The van der Waals surface area contributed by atoms with Crippen molar-refractivity contribution in [1.82, 2.24) is 15.4 Å². The maximum Gasteiger partial charge on any atom is 0.374 e. The summed E-state index contributed by atoms with van der Waals surface area (Å²) in [6.45, 7) is 5.65. The lowest BCUT2D eigenvalue weighted by Gasteiger charge is -2.21. The number of carbonyl (C=O) groups is 1. The quantitative estimate of drug-likeness (QED) is 0.453. The van der Waals surface area contributed by atoms with Gasteiger partial charge in [-0.3, -0.25) is 15.5 Å². The zero-order valence-electron chi connectivity index (χ0n) is 14.8. The van der Waals surface area contributed by atoms with E-state index in [2.05, 4.69) is 25.6 Å². The van der Waals surface area contributed by atoms with Gasteiger partial charge in [-0.05, 0) is 45.0 Å². The number of aromatic nitrogens is 2. The van der Waals surface area contributed by atoms with Gasteiger partial charge >= 0.3 is 17.5 Å². The van der Waals surface area contributed by atoms with Crippen LogP contribution in [0.15, 0.2) is 30.6 Å². The average Bonchev–Trinajstić information content (AvgIpc) is 2.59. The summed E-state index contributed by atoms with van der Waals surface area (Å²) in [6.07, 6.45) is 1.15. The molecule has 10 heteroatoms. The second-order valence-electron chi connectivity index (χ2n) is 6.25. The second kappa shape index (κ2) is 7.74. The predicted octanol–water partition coefficient (Wildman–Crippen LogP) is 2.68. The molecule has 138 valence electrons. The van der Waals surface area contributed by atoms with Crippen molar-refractivity contribution in [2.75, 3.05) is 12.5 Å². The molecule has 0 unspecified atom stereocenters. The van der Waals surface area contributed by atoms with E-state index >= 15 is 0 Å². The van der Waals surface area contributed by atoms with E-state index in [1.807, 2.05) is 20.8 Å². The molecule has 0 spiro atoms. The van der Waals surface area contributed by atoms with Crippen molar-refractivity contribution in [1.29, 1.82) is 0 Å². The predicted molar refractivity (Wildman–Crippen MR) is 93.1 cm³/mol. The molecule has 0 aliphatic carbocycles. The highest BCUT2D eigenvalue weighted by molar-refractivity contribution is 5.89. The highest BCUT2D eigenvalue weighted by Gasteiger charge is 2.26. The Labute approximate surface area is 149 Å². The fraction of sp³-hybridized carbons (Fsp3) is 0.312. The normalized spacial score (nSPS) is 10.9. The molecule has 0 fully saturated rings. The van der Waals surface area contributed by atoms with Crippen molar-refractivity contribution in [3.05, 3.63) is 46.3 Å². The van der Waals surface area contributed by atoms with E-state index in [-0.39, 0.29) is 23.0 Å². The number of hydrazine groups is 1. The first-order valence-electron chi connectivity index (χ1n) is 7.60. The van der Waals surface area contributed by atoms with Crippen molar-refractivity contribution in [2.45, 2.75) is 26.3 Å². The molecule has 1 aromatic heterocycles. The molecule has 0 aliphatic heterocycles. The number of nitro groups is 1. The van der Waals surface area contributed by atoms with Crippen LogP contribution in [-0.4, -0.2) is 33.5 Å². The van der Waals surface area contributed by atoms with E-state index in [9.17, 15) is 14.9 Å². The maximum absolute atomic E-state index is 11.5. The molecule has 0 saturated heterocycles. The van der Waals surface area contributed by atoms with Gasteiger partial charge in [-0.2, -0.15) is 4.98 Å². The summed E-state index contributed by atoms with van der Waals surface area (Å²) in [5, 5.41) is 11.5. The molecule has 10 nitrogen and oxygen atoms in total. The Morgan fingerprint density at radius 2 is 1.85 bits per heavy atom. The molecular weight excluding hydrogens is 342 g/mol. The molecular formula is C16H19N5O5. The van der Waals surface area contributed by atoms with Gasteiger partial charge < -0.3 is 9.47 Å². The second-order valence-corrected chi connectivity index (χ2v) is 6.25. The van der Waals surface area contributed by atoms with Crippen LogP contribution >= 0.6 is 0 Å². The fourth-order valence-corrected chi connectivity index (χ4v) is 1.83. The van der Waals surface area contributed by atoms with Crippen molar-refractivity contribution in [3.63, 3.8) is 0 Å². The highest BCUT2D eigenvalue weighted by atomic mass is 16.6. The molecule has 0 amide bonds. The van der Waals surface area contributed by atoms with Crippen molar-refractivity contribution in [2.24, 2.45) is 0 Å². The third kappa shape index (κ3) is 4.86. The summed E-state index contributed by atoms with van der Waals surface area (Å²) in [6, 6.07) is 5.93. The molecule has 0 atom stereocenters. The van der Waals surface area contributed by atoms with Gasteiger partial charge in [-0.15, -0.1) is 0 Å². The van der Waals surface area contributed by atoms with Crippen LogP contribution in [0.2, 0.25) is 0 Å². The Hall–Kier alpha value is -3.27. The topological polar surface area (TPSA) is 129 Å². The van der Waals surface area contributed by atoms with Crippen LogP contribution in [0, 0.1) is 10.1 Å². The van der Waals surface area contributed by atoms with Gasteiger partial charge in [0.05, 0.1) is 17.6 Å². The molecule has 2 aromatic rings. The minimum absolute atomic E-state index is 0.0268. The molecule has 1 heterocycles. The third-order valence-corrected chi connectivity index (χ3v) is 3.02. The van der Waals surface area contributed by atoms with Crippen molar-refractivity contribution in [3.8, 4) is 11.6 Å². The van der Waals surface area contributed by atoms with Crippen LogP contribution in [0.4, 0.5) is 11.5 Å². The summed E-state index contributed by atoms with van der Waals surface area (Å²) in [5.74, 6) is -0.478. The van der Waals surface area contributed by atoms with Gasteiger partial charge in [0.25, 0.3) is 0 Å². The van der Waals surface area contributed by atoms with E-state index < -0.39 is 16.6 Å². The van der Waals surface area contributed by atoms with Crippen LogP contribution < -0.4 is 15.6 Å². The summed E-state index contributed by atoms with van der Waals surface area (Å²) < 4.78 is 10.1. The van der Waals surface area contributed by atoms with E-state index in [1.54, 1.807) is 0 Å². The van der Waals surface area contributed by atoms with Gasteiger partial charge in [0.1, 0.15) is 12.1 Å². The summed E-state index contributed by atoms with van der Waals surface area (Å²) in [5.41, 5.74) is 5.18. The Morgan fingerprint density at radius 1 is 1.19 bits per heavy atom. The lowest BCUT2D eigenvalue weighted by molar-refractivity contribution is -0.385. The van der Waals surface area contributed by atoms with Crippen LogP contribution in [0.25, 0.3) is 0 Å². The molecule has 1 aromatic carbocycles. The zero-order valence-corrected chi connectivity index (χ0v) is 14.8. The average molecular weight is 361 g/mol. The molecule has 0 saturated carbocycles. The molecule has 26 heavy (non-hydrogen) atoms. The number of ether oxygens (including phenoxy) is 2.